The van der Waals surface area contributed by atoms with Gasteiger partial charge in [-0.05, 0) is 75.3 Å². The molecule has 1 fully saturated rings. The number of nitrogens with zero attached hydrogens (tertiary/aromatic N) is 5. The van der Waals surface area contributed by atoms with Gasteiger partial charge in [0.15, 0.2) is 5.65 Å². The monoisotopic (exact) mass is 527 g/mol. The van der Waals surface area contributed by atoms with Crippen molar-refractivity contribution in [1.29, 1.82) is 0 Å². The third-order valence-electron chi connectivity index (χ3n) is 7.68. The van der Waals surface area contributed by atoms with Gasteiger partial charge in [0, 0.05) is 16.1 Å². The fraction of sp³-hybridized carbons (Fsp3) is 0.481. The number of benzene rings is 1. The first-order chi connectivity index (χ1) is 17.3. The van der Waals surface area contributed by atoms with Crippen LogP contribution in [0.25, 0.3) is 16.7 Å². The third kappa shape index (κ3) is 4.53. The van der Waals surface area contributed by atoms with Crippen LogP contribution in [-0.4, -0.2) is 56.4 Å². The molecule has 3 aromatic rings. The smallest absolute Gasteiger partial charge is 0.323 e. The van der Waals surface area contributed by atoms with E-state index < -0.39 is 0 Å². The maximum Gasteiger partial charge on any atom is 0.323 e. The molecule has 190 valence electrons. The number of rotatable bonds is 5. The van der Waals surface area contributed by atoms with Crippen LogP contribution in [0, 0.1) is 12.8 Å². The van der Waals surface area contributed by atoms with Crippen molar-refractivity contribution in [3.05, 3.63) is 57.5 Å². The van der Waals surface area contributed by atoms with E-state index in [0.717, 1.165) is 60.3 Å². The van der Waals surface area contributed by atoms with E-state index in [-0.39, 0.29) is 18.1 Å². The maximum absolute atomic E-state index is 12.3. The molecule has 1 aromatic carbocycles. The highest BCUT2D eigenvalue weighted by Crippen LogP contribution is 2.37. The zero-order chi connectivity index (χ0) is 25.6. The van der Waals surface area contributed by atoms with Gasteiger partial charge >= 0.3 is 5.97 Å². The second-order valence-corrected chi connectivity index (χ2v) is 10.8. The first-order valence-corrected chi connectivity index (χ1v) is 13.2. The van der Waals surface area contributed by atoms with Gasteiger partial charge in [-0.15, -0.1) is 0 Å². The summed E-state index contributed by atoms with van der Waals surface area (Å²) < 4.78 is 6.96. The summed E-state index contributed by atoms with van der Waals surface area (Å²) in [4.78, 5) is 24.4. The molecule has 0 saturated carbocycles. The van der Waals surface area contributed by atoms with Gasteiger partial charge in [-0.2, -0.15) is 5.10 Å². The van der Waals surface area contributed by atoms with Gasteiger partial charge in [0.1, 0.15) is 11.6 Å². The number of carbonyl (C=O) groups excluding carboxylic acids is 1. The maximum atomic E-state index is 12.3. The summed E-state index contributed by atoms with van der Waals surface area (Å²) in [6, 6.07) is 5.57. The standard InChI is InChI=1S/C27H31Cl2N5O2/c1-15-12-18(7-10-23(15)33-11-5-6-24(33)27(35)36-4)22-14-30-25-16(2)32-34(26(25)31-22)17(3)20-9-8-19(28)13-21(20)29/h7-9,13-15,17,23-24H,5-6,10-12H2,1-4H3. The van der Waals surface area contributed by atoms with E-state index in [9.17, 15) is 4.79 Å². The Morgan fingerprint density at radius 3 is 2.81 bits per heavy atom. The number of aromatic nitrogens is 4. The van der Waals surface area contributed by atoms with E-state index in [4.69, 9.17) is 43.0 Å². The van der Waals surface area contributed by atoms with Gasteiger partial charge in [-0.1, -0.05) is 42.3 Å². The molecule has 0 bridgehead atoms. The predicted molar refractivity (Wildman–Crippen MR) is 142 cm³/mol. The van der Waals surface area contributed by atoms with Crippen molar-refractivity contribution >= 4 is 45.9 Å². The van der Waals surface area contributed by atoms with E-state index in [0.29, 0.717) is 22.0 Å². The zero-order valence-electron chi connectivity index (χ0n) is 21.0. The Morgan fingerprint density at radius 2 is 2.08 bits per heavy atom. The molecule has 9 heteroatoms. The SMILES string of the molecule is COC(=O)C1CCCN1C1CC=C(c2cnc3c(C)nn(C(C)c4ccc(Cl)cc4Cl)c3n2)CC1C. The summed E-state index contributed by atoms with van der Waals surface area (Å²) in [6.45, 7) is 7.20. The van der Waals surface area contributed by atoms with Crippen LogP contribution in [0.2, 0.25) is 10.0 Å². The van der Waals surface area contributed by atoms with Gasteiger partial charge in [-0.25, -0.2) is 14.6 Å². The van der Waals surface area contributed by atoms with Crippen molar-refractivity contribution in [1.82, 2.24) is 24.6 Å². The van der Waals surface area contributed by atoms with Gasteiger partial charge in [-0.3, -0.25) is 9.69 Å². The molecule has 1 saturated heterocycles. The Morgan fingerprint density at radius 1 is 1.28 bits per heavy atom. The fourth-order valence-electron chi connectivity index (χ4n) is 5.76. The van der Waals surface area contributed by atoms with Gasteiger partial charge in [0.25, 0.3) is 0 Å². The summed E-state index contributed by atoms with van der Waals surface area (Å²) in [7, 11) is 1.48. The lowest BCUT2D eigenvalue weighted by molar-refractivity contribution is -0.147. The number of ether oxygens (including phenoxy) is 1. The Kier molecular flexibility index (Phi) is 7.07. The number of methoxy groups -OCH3 is 1. The molecule has 0 N–H and O–H groups in total. The molecule has 2 aromatic heterocycles. The van der Waals surface area contributed by atoms with E-state index in [1.165, 1.54) is 12.7 Å². The average molecular weight is 528 g/mol. The number of carbonyl (C=O) groups is 1. The number of fused-ring (bicyclic) bond motifs is 1. The van der Waals surface area contributed by atoms with E-state index in [1.54, 1.807) is 6.07 Å². The highest BCUT2D eigenvalue weighted by atomic mass is 35.5. The van der Waals surface area contributed by atoms with Crippen molar-refractivity contribution in [3.63, 3.8) is 0 Å². The Labute approximate surface area is 221 Å². The van der Waals surface area contributed by atoms with Crippen LogP contribution in [0.3, 0.4) is 0 Å². The molecule has 1 aliphatic heterocycles. The van der Waals surface area contributed by atoms with E-state index >= 15 is 0 Å². The highest BCUT2D eigenvalue weighted by molar-refractivity contribution is 6.35. The normalized spacial score (nSPS) is 23.6. The van der Waals surface area contributed by atoms with Gasteiger partial charge < -0.3 is 4.74 Å². The van der Waals surface area contributed by atoms with Crippen molar-refractivity contribution in [2.45, 2.75) is 64.6 Å². The molecule has 1 aliphatic carbocycles. The van der Waals surface area contributed by atoms with Crippen molar-refractivity contribution in [2.24, 2.45) is 5.92 Å². The van der Waals surface area contributed by atoms with E-state index in [2.05, 4.69) is 24.8 Å². The van der Waals surface area contributed by atoms with Crippen molar-refractivity contribution in [2.75, 3.05) is 13.7 Å². The topological polar surface area (TPSA) is 73.1 Å². The first kappa shape index (κ1) is 25.2. The van der Waals surface area contributed by atoms with Crippen LogP contribution >= 0.6 is 23.2 Å². The minimum Gasteiger partial charge on any atom is -0.468 e. The van der Waals surface area contributed by atoms with Gasteiger partial charge in [0.2, 0.25) is 0 Å². The van der Waals surface area contributed by atoms with Crippen molar-refractivity contribution in [3.8, 4) is 0 Å². The summed E-state index contributed by atoms with van der Waals surface area (Å²) >= 11 is 12.6. The Hall–Kier alpha value is -2.48. The molecule has 4 atom stereocenters. The number of likely N-dealkylation sites (tertiary alicyclic amines) is 1. The first-order valence-electron chi connectivity index (χ1n) is 12.5. The highest BCUT2D eigenvalue weighted by Gasteiger charge is 2.39. The summed E-state index contributed by atoms with van der Waals surface area (Å²) in [5, 5.41) is 5.96. The molecule has 0 amide bonds. The minimum absolute atomic E-state index is 0.121. The van der Waals surface area contributed by atoms with Gasteiger partial charge in [0.05, 0.1) is 30.7 Å². The number of aryl methyl sites for hydroxylation is 1. The second-order valence-electron chi connectivity index (χ2n) is 9.93. The lowest BCUT2D eigenvalue weighted by Crippen LogP contribution is -2.47. The number of hydrogen-bond donors (Lipinski definition) is 0. The molecule has 36 heavy (non-hydrogen) atoms. The zero-order valence-corrected chi connectivity index (χ0v) is 22.6. The molecule has 5 rings (SSSR count). The number of allylic oxidation sites excluding steroid dienone is 1. The van der Waals surface area contributed by atoms with Crippen LogP contribution in [0.15, 0.2) is 30.5 Å². The molecular weight excluding hydrogens is 497 g/mol. The van der Waals surface area contributed by atoms with Crippen LogP contribution in [0.5, 0.6) is 0 Å². The number of halogens is 2. The Bertz CT molecular complexity index is 1340. The molecule has 0 spiro atoms. The minimum atomic E-state index is -0.135. The lowest BCUT2D eigenvalue weighted by Gasteiger charge is -2.38. The molecular formula is C27H31Cl2N5O2. The van der Waals surface area contributed by atoms with Crippen LogP contribution in [0.1, 0.15) is 62.5 Å². The summed E-state index contributed by atoms with van der Waals surface area (Å²) in [5.74, 6) is 0.260. The van der Waals surface area contributed by atoms with Crippen LogP contribution < -0.4 is 0 Å². The fourth-order valence-corrected chi connectivity index (χ4v) is 6.32. The van der Waals surface area contributed by atoms with E-state index in [1.807, 2.05) is 29.9 Å². The summed E-state index contributed by atoms with van der Waals surface area (Å²) in [5.41, 5.74) is 5.34. The molecule has 3 heterocycles. The average Bonchev–Trinajstić information content (AvgIpc) is 3.48. The predicted octanol–water partition coefficient (Wildman–Crippen LogP) is 5.87. The number of hydrogen-bond acceptors (Lipinski definition) is 6. The Balaban J connectivity index is 1.44. The van der Waals surface area contributed by atoms with Crippen LogP contribution in [-0.2, 0) is 9.53 Å². The molecule has 7 nitrogen and oxygen atoms in total. The van der Waals surface area contributed by atoms with Crippen molar-refractivity contribution < 1.29 is 9.53 Å². The second kappa shape index (κ2) is 10.1. The van der Waals surface area contributed by atoms with Crippen LogP contribution in [0.4, 0.5) is 0 Å². The number of esters is 1. The molecule has 0 radical (unpaired) electrons. The third-order valence-corrected chi connectivity index (χ3v) is 8.24. The molecule has 2 aliphatic rings. The lowest BCUT2D eigenvalue weighted by atomic mass is 9.83. The summed E-state index contributed by atoms with van der Waals surface area (Å²) in [6.07, 6.45) is 7.77. The molecule has 4 unspecified atom stereocenters. The quantitative estimate of drug-likeness (QED) is 0.386. The largest absolute Gasteiger partial charge is 0.468 e.